The van der Waals surface area contributed by atoms with Gasteiger partial charge >= 0.3 is 0 Å². The molecular weight excluding hydrogens is 260 g/mol. The van der Waals surface area contributed by atoms with E-state index < -0.39 is 0 Å². The van der Waals surface area contributed by atoms with Crippen LogP contribution in [0.4, 0.5) is 0 Å². The minimum atomic E-state index is 0.269. The highest BCUT2D eigenvalue weighted by molar-refractivity contribution is 5.27. The molecule has 1 N–H and O–H groups in total. The summed E-state index contributed by atoms with van der Waals surface area (Å²) < 4.78 is 2.01. The smallest absolute Gasteiger partial charge is 0.138 e. The molecule has 0 aliphatic carbocycles. The molecule has 2 rings (SSSR count). The second kappa shape index (κ2) is 7.36. The molecule has 0 amide bonds. The number of hydrogen-bond acceptors (Lipinski definition) is 3. The molecule has 0 saturated heterocycles. The van der Waals surface area contributed by atoms with Crippen molar-refractivity contribution in [3.05, 3.63) is 47.5 Å². The Morgan fingerprint density at radius 2 is 1.81 bits per heavy atom. The first-order valence-electron chi connectivity index (χ1n) is 7.79. The van der Waals surface area contributed by atoms with Crippen LogP contribution in [0.2, 0.25) is 0 Å². The number of benzene rings is 1. The van der Waals surface area contributed by atoms with Gasteiger partial charge in [-0.1, -0.05) is 45.0 Å². The van der Waals surface area contributed by atoms with E-state index in [2.05, 4.69) is 60.4 Å². The fourth-order valence-corrected chi connectivity index (χ4v) is 2.53. The van der Waals surface area contributed by atoms with Crippen LogP contribution in [0.15, 0.2) is 30.6 Å². The normalized spacial score (nSPS) is 12.8. The summed E-state index contributed by atoms with van der Waals surface area (Å²) >= 11 is 0. The van der Waals surface area contributed by atoms with Crippen LogP contribution in [0.5, 0.6) is 0 Å². The number of nitrogens with zero attached hydrogens (tertiary/aromatic N) is 3. The Morgan fingerprint density at radius 1 is 1.14 bits per heavy atom. The van der Waals surface area contributed by atoms with E-state index in [0.717, 1.165) is 25.2 Å². The molecule has 114 valence electrons. The third-order valence-corrected chi connectivity index (χ3v) is 3.87. The Labute approximate surface area is 127 Å². The van der Waals surface area contributed by atoms with E-state index in [1.807, 2.05) is 11.7 Å². The predicted octanol–water partition coefficient (Wildman–Crippen LogP) is 3.31. The van der Waals surface area contributed by atoms with Gasteiger partial charge in [0, 0.05) is 19.0 Å². The fourth-order valence-electron chi connectivity index (χ4n) is 2.53. The van der Waals surface area contributed by atoms with Gasteiger partial charge in [0.25, 0.3) is 0 Å². The van der Waals surface area contributed by atoms with Gasteiger partial charge in [0.1, 0.15) is 12.2 Å². The zero-order valence-electron chi connectivity index (χ0n) is 13.5. The maximum atomic E-state index is 4.41. The minimum Gasteiger partial charge on any atom is -0.313 e. The van der Waals surface area contributed by atoms with Gasteiger partial charge in [-0.15, -0.1) is 0 Å². The number of aromatic nitrogens is 3. The second-order valence-electron chi connectivity index (χ2n) is 5.77. The molecular formula is C17H26N4. The molecule has 1 atom stereocenters. The summed E-state index contributed by atoms with van der Waals surface area (Å²) in [6.07, 6.45) is 3.58. The van der Waals surface area contributed by atoms with Crippen molar-refractivity contribution in [1.82, 2.24) is 20.1 Å². The van der Waals surface area contributed by atoms with Crippen LogP contribution in [-0.4, -0.2) is 21.8 Å². The SMILES string of the molecule is CCCn1ncnc1CC(NC)c1ccc(C(C)C)cc1. The predicted molar refractivity (Wildman–Crippen MR) is 86.3 cm³/mol. The molecule has 0 saturated carbocycles. The van der Waals surface area contributed by atoms with Crippen LogP contribution in [0.25, 0.3) is 0 Å². The Morgan fingerprint density at radius 3 is 2.38 bits per heavy atom. The van der Waals surface area contributed by atoms with Crippen molar-refractivity contribution in [2.24, 2.45) is 0 Å². The Hall–Kier alpha value is -1.68. The molecule has 1 aromatic carbocycles. The standard InChI is InChI=1S/C17H26N4/c1-5-10-21-17(19-12-20-21)11-16(18-4)15-8-6-14(7-9-15)13(2)3/h6-9,12-13,16,18H,5,10-11H2,1-4H3. The maximum absolute atomic E-state index is 4.41. The van der Waals surface area contributed by atoms with Gasteiger partial charge in [-0.3, -0.25) is 4.68 Å². The molecule has 21 heavy (non-hydrogen) atoms. The van der Waals surface area contributed by atoms with Crippen molar-refractivity contribution in [1.29, 1.82) is 0 Å². The van der Waals surface area contributed by atoms with Gasteiger partial charge in [-0.05, 0) is 30.5 Å². The highest BCUT2D eigenvalue weighted by Crippen LogP contribution is 2.21. The van der Waals surface area contributed by atoms with Crippen LogP contribution >= 0.6 is 0 Å². The van der Waals surface area contributed by atoms with Gasteiger partial charge in [-0.2, -0.15) is 5.10 Å². The molecule has 0 bridgehead atoms. The number of hydrogen-bond donors (Lipinski definition) is 1. The molecule has 4 nitrogen and oxygen atoms in total. The van der Waals surface area contributed by atoms with E-state index in [0.29, 0.717) is 5.92 Å². The maximum Gasteiger partial charge on any atom is 0.138 e. The van der Waals surface area contributed by atoms with Crippen molar-refractivity contribution in [3.8, 4) is 0 Å². The summed E-state index contributed by atoms with van der Waals surface area (Å²) in [5.41, 5.74) is 2.68. The van der Waals surface area contributed by atoms with Gasteiger partial charge in [0.15, 0.2) is 0 Å². The van der Waals surface area contributed by atoms with Crippen LogP contribution in [0, 0.1) is 0 Å². The number of rotatable bonds is 7. The lowest BCUT2D eigenvalue weighted by molar-refractivity contribution is 0.517. The van der Waals surface area contributed by atoms with Crippen molar-refractivity contribution in [2.75, 3.05) is 7.05 Å². The molecule has 1 unspecified atom stereocenters. The quantitative estimate of drug-likeness (QED) is 0.849. The first-order chi connectivity index (χ1) is 10.2. The Balaban J connectivity index is 2.13. The lowest BCUT2D eigenvalue weighted by atomic mass is 9.97. The molecule has 4 heteroatoms. The van der Waals surface area contributed by atoms with E-state index in [-0.39, 0.29) is 6.04 Å². The second-order valence-corrected chi connectivity index (χ2v) is 5.77. The monoisotopic (exact) mass is 286 g/mol. The van der Waals surface area contributed by atoms with Gasteiger partial charge < -0.3 is 5.32 Å². The molecule has 0 aliphatic heterocycles. The molecule has 0 fully saturated rings. The highest BCUT2D eigenvalue weighted by atomic mass is 15.3. The summed E-state index contributed by atoms with van der Waals surface area (Å²) in [4.78, 5) is 4.41. The van der Waals surface area contributed by atoms with Gasteiger partial charge in [-0.25, -0.2) is 4.98 Å². The van der Waals surface area contributed by atoms with Crippen LogP contribution in [-0.2, 0) is 13.0 Å². The first-order valence-corrected chi connectivity index (χ1v) is 7.79. The molecule has 0 aliphatic rings. The number of nitrogens with one attached hydrogen (secondary N) is 1. The fraction of sp³-hybridized carbons (Fsp3) is 0.529. The van der Waals surface area contributed by atoms with Crippen molar-refractivity contribution in [3.63, 3.8) is 0 Å². The first kappa shape index (κ1) is 15.7. The van der Waals surface area contributed by atoms with Crippen molar-refractivity contribution in [2.45, 2.75) is 52.1 Å². The topological polar surface area (TPSA) is 42.7 Å². The van der Waals surface area contributed by atoms with E-state index in [1.165, 1.54) is 11.1 Å². The summed E-state index contributed by atoms with van der Waals surface area (Å²) in [6.45, 7) is 7.53. The largest absolute Gasteiger partial charge is 0.313 e. The van der Waals surface area contributed by atoms with Crippen molar-refractivity contribution < 1.29 is 0 Å². The van der Waals surface area contributed by atoms with Crippen LogP contribution in [0.1, 0.15) is 56.1 Å². The summed E-state index contributed by atoms with van der Waals surface area (Å²) in [6, 6.07) is 9.15. The summed E-state index contributed by atoms with van der Waals surface area (Å²) in [7, 11) is 2.00. The van der Waals surface area contributed by atoms with E-state index >= 15 is 0 Å². The third-order valence-electron chi connectivity index (χ3n) is 3.87. The number of likely N-dealkylation sites (N-methyl/N-ethyl adjacent to an activating group) is 1. The highest BCUT2D eigenvalue weighted by Gasteiger charge is 2.14. The molecule has 2 aromatic rings. The summed E-state index contributed by atoms with van der Waals surface area (Å²) in [5.74, 6) is 1.61. The Kier molecular flexibility index (Phi) is 5.51. The van der Waals surface area contributed by atoms with E-state index in [4.69, 9.17) is 0 Å². The third kappa shape index (κ3) is 3.91. The zero-order chi connectivity index (χ0) is 15.2. The average Bonchev–Trinajstić information content (AvgIpc) is 2.92. The lowest BCUT2D eigenvalue weighted by Crippen LogP contribution is -2.21. The van der Waals surface area contributed by atoms with E-state index in [1.54, 1.807) is 6.33 Å². The average molecular weight is 286 g/mol. The summed E-state index contributed by atoms with van der Waals surface area (Å²) in [5, 5.41) is 7.70. The molecule has 0 radical (unpaired) electrons. The van der Waals surface area contributed by atoms with Crippen LogP contribution in [0.3, 0.4) is 0 Å². The van der Waals surface area contributed by atoms with Crippen LogP contribution < -0.4 is 5.32 Å². The molecule has 1 aromatic heterocycles. The molecule has 1 heterocycles. The zero-order valence-corrected chi connectivity index (χ0v) is 13.5. The Bertz CT molecular complexity index is 542. The van der Waals surface area contributed by atoms with Crippen molar-refractivity contribution >= 4 is 0 Å². The lowest BCUT2D eigenvalue weighted by Gasteiger charge is -2.17. The van der Waals surface area contributed by atoms with Gasteiger partial charge in [0.2, 0.25) is 0 Å². The minimum absolute atomic E-state index is 0.269. The van der Waals surface area contributed by atoms with Gasteiger partial charge in [0.05, 0.1) is 0 Å². The number of aryl methyl sites for hydroxylation is 1. The molecule has 0 spiro atoms. The van der Waals surface area contributed by atoms with E-state index in [9.17, 15) is 0 Å².